The predicted octanol–water partition coefficient (Wildman–Crippen LogP) is 3.52. The number of nitrogens with zero attached hydrogens (tertiary/aromatic N) is 2. The number of hydrogen-bond acceptors (Lipinski definition) is 3. The standard InChI is InChI=1S/C15H17ClFN3/c1-3-11(18)8-12-6-9(2)19-15(20-12)10-4-5-14(17)13(16)7-10/h4-7,11H,3,8,18H2,1-2H3. The van der Waals surface area contributed by atoms with Gasteiger partial charge in [-0.25, -0.2) is 14.4 Å². The lowest BCUT2D eigenvalue weighted by Crippen LogP contribution is -2.22. The third-order valence-corrected chi connectivity index (χ3v) is 3.37. The van der Waals surface area contributed by atoms with Gasteiger partial charge in [0, 0.05) is 29.4 Å². The Morgan fingerprint density at radius 3 is 2.70 bits per heavy atom. The maximum atomic E-state index is 13.2. The normalized spacial score (nSPS) is 12.4. The summed E-state index contributed by atoms with van der Waals surface area (Å²) in [5.74, 6) is 0.0986. The van der Waals surface area contributed by atoms with Crippen molar-refractivity contribution in [3.8, 4) is 11.4 Å². The highest BCUT2D eigenvalue weighted by Crippen LogP contribution is 2.23. The molecule has 0 radical (unpaired) electrons. The molecule has 0 saturated carbocycles. The molecule has 0 bridgehead atoms. The zero-order valence-corrected chi connectivity index (χ0v) is 12.3. The van der Waals surface area contributed by atoms with Gasteiger partial charge in [-0.1, -0.05) is 18.5 Å². The largest absolute Gasteiger partial charge is 0.327 e. The van der Waals surface area contributed by atoms with Crippen LogP contribution in [0.1, 0.15) is 24.7 Å². The molecule has 0 aliphatic carbocycles. The van der Waals surface area contributed by atoms with E-state index >= 15 is 0 Å². The molecule has 1 heterocycles. The number of nitrogens with two attached hydrogens (primary N) is 1. The van der Waals surface area contributed by atoms with Crippen LogP contribution in [0.25, 0.3) is 11.4 Å². The minimum absolute atomic E-state index is 0.0689. The Balaban J connectivity index is 2.38. The summed E-state index contributed by atoms with van der Waals surface area (Å²) in [5, 5.41) is 0.0689. The fraction of sp³-hybridized carbons (Fsp3) is 0.333. The third kappa shape index (κ3) is 3.52. The van der Waals surface area contributed by atoms with Gasteiger partial charge in [-0.2, -0.15) is 0 Å². The molecule has 1 aromatic heterocycles. The zero-order chi connectivity index (χ0) is 14.7. The van der Waals surface area contributed by atoms with Gasteiger partial charge in [-0.15, -0.1) is 0 Å². The van der Waals surface area contributed by atoms with Gasteiger partial charge in [0.2, 0.25) is 0 Å². The van der Waals surface area contributed by atoms with Crippen molar-refractivity contribution in [3.05, 3.63) is 46.5 Å². The van der Waals surface area contributed by atoms with Crippen molar-refractivity contribution in [1.29, 1.82) is 0 Å². The molecule has 0 aliphatic rings. The van der Waals surface area contributed by atoms with E-state index in [1.807, 2.05) is 19.9 Å². The minimum atomic E-state index is -0.448. The Kier molecular flexibility index (Phi) is 4.68. The average Bonchev–Trinajstić information content (AvgIpc) is 2.41. The summed E-state index contributed by atoms with van der Waals surface area (Å²) in [5.41, 5.74) is 8.40. The summed E-state index contributed by atoms with van der Waals surface area (Å²) in [6.07, 6.45) is 1.59. The van der Waals surface area contributed by atoms with Crippen LogP contribution < -0.4 is 5.73 Å². The molecule has 20 heavy (non-hydrogen) atoms. The van der Waals surface area contributed by atoms with Crippen molar-refractivity contribution in [2.24, 2.45) is 5.73 Å². The van der Waals surface area contributed by atoms with Crippen LogP contribution in [0.5, 0.6) is 0 Å². The van der Waals surface area contributed by atoms with Gasteiger partial charge in [0.15, 0.2) is 5.82 Å². The first-order valence-corrected chi connectivity index (χ1v) is 6.93. The van der Waals surface area contributed by atoms with Crippen molar-refractivity contribution < 1.29 is 4.39 Å². The highest BCUT2D eigenvalue weighted by molar-refractivity contribution is 6.31. The Morgan fingerprint density at radius 2 is 2.05 bits per heavy atom. The van der Waals surface area contributed by atoms with Crippen molar-refractivity contribution >= 4 is 11.6 Å². The van der Waals surface area contributed by atoms with Crippen LogP contribution in [-0.2, 0) is 6.42 Å². The predicted molar refractivity (Wildman–Crippen MR) is 79.1 cm³/mol. The molecule has 106 valence electrons. The smallest absolute Gasteiger partial charge is 0.159 e. The van der Waals surface area contributed by atoms with Crippen LogP contribution in [-0.4, -0.2) is 16.0 Å². The van der Waals surface area contributed by atoms with Gasteiger partial charge >= 0.3 is 0 Å². The lowest BCUT2D eigenvalue weighted by molar-refractivity contribution is 0.628. The van der Waals surface area contributed by atoms with Gasteiger partial charge in [0.1, 0.15) is 5.82 Å². The van der Waals surface area contributed by atoms with E-state index in [9.17, 15) is 4.39 Å². The summed E-state index contributed by atoms with van der Waals surface area (Å²) in [4.78, 5) is 8.87. The van der Waals surface area contributed by atoms with Crippen molar-refractivity contribution in [3.63, 3.8) is 0 Å². The van der Waals surface area contributed by atoms with Crippen LogP contribution in [0.4, 0.5) is 4.39 Å². The van der Waals surface area contributed by atoms with E-state index in [-0.39, 0.29) is 11.1 Å². The van der Waals surface area contributed by atoms with Crippen LogP contribution in [0.2, 0.25) is 5.02 Å². The Hall–Kier alpha value is -1.52. The van der Waals surface area contributed by atoms with Gasteiger partial charge in [-0.3, -0.25) is 0 Å². The summed E-state index contributed by atoms with van der Waals surface area (Å²) < 4.78 is 13.2. The van der Waals surface area contributed by atoms with Crippen molar-refractivity contribution in [2.75, 3.05) is 0 Å². The van der Waals surface area contributed by atoms with Crippen molar-refractivity contribution in [1.82, 2.24) is 9.97 Å². The van der Waals surface area contributed by atoms with E-state index in [0.29, 0.717) is 17.8 Å². The number of aryl methyl sites for hydroxylation is 1. The van der Waals surface area contributed by atoms with Crippen LogP contribution in [0.15, 0.2) is 24.3 Å². The van der Waals surface area contributed by atoms with E-state index in [2.05, 4.69) is 9.97 Å². The molecule has 0 aliphatic heterocycles. The monoisotopic (exact) mass is 293 g/mol. The molecule has 0 fully saturated rings. The van der Waals surface area contributed by atoms with Crippen LogP contribution >= 0.6 is 11.6 Å². The first-order valence-electron chi connectivity index (χ1n) is 6.55. The molecule has 1 unspecified atom stereocenters. The molecule has 1 atom stereocenters. The minimum Gasteiger partial charge on any atom is -0.327 e. The second kappa shape index (κ2) is 6.29. The maximum Gasteiger partial charge on any atom is 0.159 e. The van der Waals surface area contributed by atoms with E-state index in [1.54, 1.807) is 6.07 Å². The number of hydrogen-bond donors (Lipinski definition) is 1. The molecule has 0 saturated heterocycles. The highest BCUT2D eigenvalue weighted by atomic mass is 35.5. The molecular formula is C15H17ClFN3. The van der Waals surface area contributed by atoms with Gasteiger partial charge in [-0.05, 0) is 37.6 Å². The lowest BCUT2D eigenvalue weighted by Gasteiger charge is -2.10. The van der Waals surface area contributed by atoms with E-state index in [1.165, 1.54) is 12.1 Å². The second-order valence-corrected chi connectivity index (χ2v) is 5.23. The first kappa shape index (κ1) is 14.9. The van der Waals surface area contributed by atoms with E-state index in [4.69, 9.17) is 17.3 Å². The molecular weight excluding hydrogens is 277 g/mol. The summed E-state index contributed by atoms with van der Waals surface area (Å²) in [6, 6.07) is 6.48. The summed E-state index contributed by atoms with van der Waals surface area (Å²) >= 11 is 5.80. The zero-order valence-electron chi connectivity index (χ0n) is 11.5. The SMILES string of the molecule is CCC(N)Cc1cc(C)nc(-c2ccc(F)c(Cl)c2)n1. The second-order valence-electron chi connectivity index (χ2n) is 4.83. The fourth-order valence-corrected chi connectivity index (χ4v) is 2.10. The fourth-order valence-electron chi connectivity index (χ4n) is 1.92. The Morgan fingerprint density at radius 1 is 1.30 bits per heavy atom. The van der Waals surface area contributed by atoms with Crippen LogP contribution in [0, 0.1) is 12.7 Å². The van der Waals surface area contributed by atoms with Crippen LogP contribution in [0.3, 0.4) is 0 Å². The number of rotatable bonds is 4. The first-order chi connectivity index (χ1) is 9.49. The van der Waals surface area contributed by atoms with E-state index in [0.717, 1.165) is 17.8 Å². The molecule has 2 aromatic rings. The summed E-state index contributed by atoms with van der Waals surface area (Å²) in [6.45, 7) is 3.94. The number of aromatic nitrogens is 2. The van der Waals surface area contributed by atoms with Gasteiger partial charge in [0.05, 0.1) is 5.02 Å². The van der Waals surface area contributed by atoms with Gasteiger partial charge < -0.3 is 5.73 Å². The molecule has 1 aromatic carbocycles. The lowest BCUT2D eigenvalue weighted by atomic mass is 10.1. The van der Waals surface area contributed by atoms with Gasteiger partial charge in [0.25, 0.3) is 0 Å². The summed E-state index contributed by atoms with van der Waals surface area (Å²) in [7, 11) is 0. The molecule has 0 amide bonds. The number of halogens is 2. The maximum absolute atomic E-state index is 13.2. The molecule has 3 nitrogen and oxygen atoms in total. The van der Waals surface area contributed by atoms with Crippen molar-refractivity contribution in [2.45, 2.75) is 32.7 Å². The quantitative estimate of drug-likeness (QED) is 0.938. The highest BCUT2D eigenvalue weighted by Gasteiger charge is 2.10. The number of benzene rings is 1. The molecule has 2 N–H and O–H groups in total. The Bertz CT molecular complexity index is 616. The Labute approximate surface area is 123 Å². The molecule has 5 heteroatoms. The average molecular weight is 294 g/mol. The third-order valence-electron chi connectivity index (χ3n) is 3.08. The van der Waals surface area contributed by atoms with E-state index < -0.39 is 5.82 Å². The topological polar surface area (TPSA) is 51.8 Å². The molecule has 2 rings (SSSR count). The molecule has 0 spiro atoms.